The Morgan fingerprint density at radius 1 is 1.14 bits per heavy atom. The highest BCUT2D eigenvalue weighted by molar-refractivity contribution is 7.89. The predicted octanol–water partition coefficient (Wildman–Crippen LogP) is 2.47. The molecule has 1 N–H and O–H groups in total. The molecule has 0 atom stereocenters. The van der Waals surface area contributed by atoms with E-state index in [0.717, 1.165) is 0 Å². The van der Waals surface area contributed by atoms with Gasteiger partial charge in [0.1, 0.15) is 5.60 Å². The van der Waals surface area contributed by atoms with E-state index in [4.69, 9.17) is 4.74 Å². The molecule has 0 unspecified atom stereocenters. The number of aryl methyl sites for hydroxylation is 1. The fourth-order valence-electron chi connectivity index (χ4n) is 3.45. The summed E-state index contributed by atoms with van der Waals surface area (Å²) in [5.74, 6) is 0. The Morgan fingerprint density at radius 2 is 1.86 bits per heavy atom. The van der Waals surface area contributed by atoms with Crippen LogP contribution in [0.1, 0.15) is 32.8 Å². The Hall–Kier alpha value is -2.39. The highest BCUT2D eigenvalue weighted by Crippen LogP contribution is 2.27. The molecule has 0 radical (unpaired) electrons. The monoisotopic (exact) mass is 421 g/mol. The van der Waals surface area contributed by atoms with Gasteiger partial charge in [-0.1, -0.05) is 6.07 Å². The van der Waals surface area contributed by atoms with Gasteiger partial charge in [0.05, 0.1) is 4.90 Å². The zero-order valence-corrected chi connectivity index (χ0v) is 18.0. The van der Waals surface area contributed by atoms with Crippen LogP contribution in [-0.4, -0.2) is 60.5 Å². The van der Waals surface area contributed by atoms with Gasteiger partial charge in [-0.15, -0.1) is 0 Å². The maximum Gasteiger partial charge on any atom is 0.410 e. The second kappa shape index (κ2) is 7.79. The minimum absolute atomic E-state index is 0.115. The fourth-order valence-corrected chi connectivity index (χ4v) is 5.20. The van der Waals surface area contributed by atoms with Crippen LogP contribution in [0.15, 0.2) is 34.1 Å². The molecule has 0 spiro atoms. The number of carbonyl (C=O) groups excluding carboxylic acids is 1. The smallest absolute Gasteiger partial charge is 0.410 e. The van der Waals surface area contributed by atoms with Crippen molar-refractivity contribution in [1.29, 1.82) is 0 Å². The van der Waals surface area contributed by atoms with Crippen molar-refractivity contribution in [2.75, 3.05) is 26.2 Å². The predicted molar refractivity (Wildman–Crippen MR) is 110 cm³/mol. The Bertz CT molecular complexity index is 1090. The molecule has 1 aromatic carbocycles. The number of nitrogens with one attached hydrogen (secondary N) is 1. The molecular weight excluding hydrogens is 394 g/mol. The van der Waals surface area contributed by atoms with Crippen molar-refractivity contribution in [2.24, 2.45) is 0 Å². The number of carbonyl (C=O) groups is 1. The van der Waals surface area contributed by atoms with Gasteiger partial charge in [0.2, 0.25) is 10.0 Å². The first kappa shape index (κ1) is 21.3. The lowest BCUT2D eigenvalue weighted by molar-refractivity contribution is 0.0260. The van der Waals surface area contributed by atoms with Gasteiger partial charge in [0.15, 0.2) is 0 Å². The standard InChI is InChI=1S/C20H27N3O5S/c1-14-13-21-18(24)15-7-5-8-16(17(14)15)29(26,27)23-10-6-9-22(11-12-23)19(25)28-20(2,3)4/h5,7-8,13H,6,9-12H2,1-4H3,(H,21,24). The number of rotatable bonds is 2. The highest BCUT2D eigenvalue weighted by atomic mass is 32.2. The maximum atomic E-state index is 13.4. The lowest BCUT2D eigenvalue weighted by atomic mass is 10.1. The first-order chi connectivity index (χ1) is 13.5. The first-order valence-corrected chi connectivity index (χ1v) is 11.0. The summed E-state index contributed by atoms with van der Waals surface area (Å²) in [5.41, 5.74) is -0.249. The third-order valence-electron chi connectivity index (χ3n) is 4.81. The number of amides is 1. The van der Waals surface area contributed by atoms with Crippen molar-refractivity contribution >= 4 is 26.9 Å². The minimum Gasteiger partial charge on any atom is -0.444 e. The van der Waals surface area contributed by atoms with Crippen LogP contribution in [0.3, 0.4) is 0 Å². The van der Waals surface area contributed by atoms with E-state index in [1.807, 2.05) is 0 Å². The molecule has 8 nitrogen and oxygen atoms in total. The molecule has 1 aromatic heterocycles. The van der Waals surface area contributed by atoms with Crippen LogP contribution < -0.4 is 5.56 Å². The molecule has 2 aromatic rings. The quantitative estimate of drug-likeness (QED) is 0.803. The Balaban J connectivity index is 1.90. The highest BCUT2D eigenvalue weighted by Gasteiger charge is 2.31. The zero-order valence-electron chi connectivity index (χ0n) is 17.2. The van der Waals surface area contributed by atoms with Gasteiger partial charge in [-0.25, -0.2) is 13.2 Å². The van der Waals surface area contributed by atoms with Crippen molar-refractivity contribution < 1.29 is 17.9 Å². The number of sulfonamides is 1. The van der Waals surface area contributed by atoms with Gasteiger partial charge in [-0.05, 0) is 51.8 Å². The summed E-state index contributed by atoms with van der Waals surface area (Å²) >= 11 is 0. The molecule has 0 aliphatic carbocycles. The number of hydrogen-bond donors (Lipinski definition) is 1. The lowest BCUT2D eigenvalue weighted by Gasteiger charge is -2.26. The van der Waals surface area contributed by atoms with Crippen LogP contribution >= 0.6 is 0 Å². The number of aromatic amines is 1. The van der Waals surface area contributed by atoms with Crippen LogP contribution in [0.2, 0.25) is 0 Å². The van der Waals surface area contributed by atoms with Crippen LogP contribution in [-0.2, 0) is 14.8 Å². The molecule has 1 aliphatic rings. The Kier molecular flexibility index (Phi) is 5.73. The van der Waals surface area contributed by atoms with E-state index in [-0.39, 0.29) is 23.5 Å². The molecule has 29 heavy (non-hydrogen) atoms. The SMILES string of the molecule is Cc1c[nH]c(=O)c2cccc(S(=O)(=O)N3CCCN(C(=O)OC(C)(C)C)CC3)c12. The summed E-state index contributed by atoms with van der Waals surface area (Å²) in [7, 11) is -3.83. The number of aromatic nitrogens is 1. The molecule has 1 saturated heterocycles. The topological polar surface area (TPSA) is 99.8 Å². The number of H-pyrrole nitrogens is 1. The second-order valence-corrected chi connectivity index (χ2v) is 10.1. The van der Waals surface area contributed by atoms with E-state index in [1.165, 1.54) is 16.6 Å². The van der Waals surface area contributed by atoms with Gasteiger partial charge in [0, 0.05) is 43.1 Å². The molecule has 9 heteroatoms. The van der Waals surface area contributed by atoms with E-state index in [0.29, 0.717) is 35.8 Å². The molecule has 3 rings (SSSR count). The van der Waals surface area contributed by atoms with Gasteiger partial charge < -0.3 is 14.6 Å². The normalized spacial score (nSPS) is 16.6. The largest absolute Gasteiger partial charge is 0.444 e. The summed E-state index contributed by atoms with van der Waals surface area (Å²) in [4.78, 5) is 28.8. The average molecular weight is 422 g/mol. The van der Waals surface area contributed by atoms with Gasteiger partial charge >= 0.3 is 6.09 Å². The van der Waals surface area contributed by atoms with E-state index in [2.05, 4.69) is 4.98 Å². The molecule has 1 aliphatic heterocycles. The zero-order chi connectivity index (χ0) is 21.4. The summed E-state index contributed by atoms with van der Waals surface area (Å²) in [6, 6.07) is 4.72. The average Bonchev–Trinajstić information content (AvgIpc) is 2.90. The van der Waals surface area contributed by atoms with Crippen LogP contribution in [0.5, 0.6) is 0 Å². The van der Waals surface area contributed by atoms with Crippen molar-refractivity contribution in [3.63, 3.8) is 0 Å². The van der Waals surface area contributed by atoms with Crippen LogP contribution in [0.25, 0.3) is 10.8 Å². The lowest BCUT2D eigenvalue weighted by Crippen LogP contribution is -2.40. The van der Waals surface area contributed by atoms with Gasteiger partial charge in [-0.2, -0.15) is 4.31 Å². The molecule has 0 saturated carbocycles. The maximum absolute atomic E-state index is 13.4. The molecule has 0 bridgehead atoms. The minimum atomic E-state index is -3.83. The second-order valence-electron chi connectivity index (χ2n) is 8.20. The Labute approximate surface area is 170 Å². The molecule has 1 fully saturated rings. The van der Waals surface area contributed by atoms with E-state index >= 15 is 0 Å². The van der Waals surface area contributed by atoms with Crippen molar-refractivity contribution in [2.45, 2.75) is 44.6 Å². The van der Waals surface area contributed by atoms with Gasteiger partial charge in [0.25, 0.3) is 5.56 Å². The summed E-state index contributed by atoms with van der Waals surface area (Å²) < 4.78 is 33.6. The number of pyridine rings is 1. The third-order valence-corrected chi connectivity index (χ3v) is 6.75. The molecular formula is C20H27N3O5S. The fraction of sp³-hybridized carbons (Fsp3) is 0.500. The number of benzene rings is 1. The number of hydrogen-bond acceptors (Lipinski definition) is 5. The van der Waals surface area contributed by atoms with E-state index < -0.39 is 21.7 Å². The van der Waals surface area contributed by atoms with Gasteiger partial charge in [-0.3, -0.25) is 4.79 Å². The van der Waals surface area contributed by atoms with Crippen LogP contribution in [0, 0.1) is 6.92 Å². The summed E-state index contributed by atoms with van der Waals surface area (Å²) in [6.45, 7) is 8.29. The van der Waals surface area contributed by atoms with Crippen molar-refractivity contribution in [3.05, 3.63) is 40.3 Å². The summed E-state index contributed by atoms with van der Waals surface area (Å²) in [5, 5.41) is 0.778. The number of nitrogens with zero attached hydrogens (tertiary/aromatic N) is 2. The van der Waals surface area contributed by atoms with Crippen molar-refractivity contribution in [3.8, 4) is 0 Å². The Morgan fingerprint density at radius 3 is 2.55 bits per heavy atom. The first-order valence-electron chi connectivity index (χ1n) is 9.60. The molecule has 2 heterocycles. The van der Waals surface area contributed by atoms with E-state index in [9.17, 15) is 18.0 Å². The van der Waals surface area contributed by atoms with Crippen molar-refractivity contribution in [1.82, 2.24) is 14.2 Å². The van der Waals surface area contributed by atoms with Crippen LogP contribution in [0.4, 0.5) is 4.79 Å². The third kappa shape index (κ3) is 4.45. The number of fused-ring (bicyclic) bond motifs is 1. The van der Waals surface area contributed by atoms with E-state index in [1.54, 1.807) is 44.7 Å². The number of ether oxygens (including phenoxy) is 1. The molecule has 158 valence electrons. The molecule has 1 amide bonds. The summed E-state index contributed by atoms with van der Waals surface area (Å²) in [6.07, 6.45) is 1.59.